The van der Waals surface area contributed by atoms with Crippen molar-refractivity contribution in [1.29, 1.82) is 0 Å². The first-order valence-electron chi connectivity index (χ1n) is 8.01. The van der Waals surface area contributed by atoms with Crippen molar-refractivity contribution in [3.05, 3.63) is 52.4 Å². The number of fused-ring (bicyclic) bond motifs is 1. The van der Waals surface area contributed by atoms with Crippen LogP contribution in [0.3, 0.4) is 0 Å². The first-order chi connectivity index (χ1) is 11.8. The zero-order valence-corrected chi connectivity index (χ0v) is 15.0. The standard InChI is InChI=1S/C20H21NO4/c1-20(2,3)13-8-6-12(7-9-13)18-21-15-11-17(24-5)16(23-4)10-14(15)19(22)25-18/h6-11H,1-5H3. The molecule has 0 saturated heterocycles. The molecule has 0 aliphatic rings. The average Bonchev–Trinajstić information content (AvgIpc) is 2.60. The van der Waals surface area contributed by atoms with Gasteiger partial charge >= 0.3 is 5.63 Å². The molecule has 0 spiro atoms. The van der Waals surface area contributed by atoms with Gasteiger partial charge in [0.15, 0.2) is 11.5 Å². The number of benzene rings is 2. The lowest BCUT2D eigenvalue weighted by molar-refractivity contribution is 0.355. The Morgan fingerprint density at radius 3 is 2.12 bits per heavy atom. The van der Waals surface area contributed by atoms with E-state index in [9.17, 15) is 4.79 Å². The molecular formula is C20H21NO4. The Morgan fingerprint density at radius 1 is 0.960 bits per heavy atom. The molecule has 3 rings (SSSR count). The zero-order chi connectivity index (χ0) is 18.2. The zero-order valence-electron chi connectivity index (χ0n) is 15.0. The molecule has 5 heteroatoms. The summed E-state index contributed by atoms with van der Waals surface area (Å²) in [5.74, 6) is 1.26. The number of ether oxygens (including phenoxy) is 2. The summed E-state index contributed by atoms with van der Waals surface area (Å²) in [7, 11) is 3.06. The Hall–Kier alpha value is -2.82. The molecule has 0 aliphatic heterocycles. The van der Waals surface area contributed by atoms with Crippen molar-refractivity contribution >= 4 is 10.9 Å². The minimum absolute atomic E-state index is 0.0557. The maximum atomic E-state index is 12.4. The number of aromatic nitrogens is 1. The van der Waals surface area contributed by atoms with E-state index in [-0.39, 0.29) is 11.3 Å². The third kappa shape index (κ3) is 3.22. The summed E-state index contributed by atoms with van der Waals surface area (Å²) in [5.41, 5.74) is 2.05. The van der Waals surface area contributed by atoms with E-state index in [1.54, 1.807) is 19.2 Å². The maximum absolute atomic E-state index is 12.4. The first kappa shape index (κ1) is 17.0. The van der Waals surface area contributed by atoms with Crippen molar-refractivity contribution in [3.8, 4) is 23.0 Å². The molecule has 0 atom stereocenters. The number of nitrogens with zero attached hydrogens (tertiary/aromatic N) is 1. The smallest absolute Gasteiger partial charge is 0.347 e. The monoisotopic (exact) mass is 339 g/mol. The van der Waals surface area contributed by atoms with Crippen molar-refractivity contribution in [2.45, 2.75) is 26.2 Å². The highest BCUT2D eigenvalue weighted by Crippen LogP contribution is 2.31. The Kier molecular flexibility index (Phi) is 4.25. The van der Waals surface area contributed by atoms with Gasteiger partial charge in [-0.05, 0) is 23.1 Å². The maximum Gasteiger partial charge on any atom is 0.347 e. The fourth-order valence-electron chi connectivity index (χ4n) is 2.64. The number of hydrogen-bond donors (Lipinski definition) is 0. The van der Waals surface area contributed by atoms with Crippen LogP contribution in [0, 0.1) is 0 Å². The van der Waals surface area contributed by atoms with Crippen LogP contribution in [-0.4, -0.2) is 19.2 Å². The molecule has 3 aromatic rings. The summed E-state index contributed by atoms with van der Waals surface area (Å²) < 4.78 is 15.9. The van der Waals surface area contributed by atoms with Gasteiger partial charge in [0, 0.05) is 17.7 Å². The second-order valence-electron chi connectivity index (χ2n) is 6.86. The molecule has 0 aliphatic carbocycles. The summed E-state index contributed by atoms with van der Waals surface area (Å²) in [6.07, 6.45) is 0. The van der Waals surface area contributed by atoms with E-state index in [4.69, 9.17) is 13.9 Å². The van der Waals surface area contributed by atoms with Crippen molar-refractivity contribution in [2.75, 3.05) is 14.2 Å². The molecule has 130 valence electrons. The van der Waals surface area contributed by atoms with E-state index >= 15 is 0 Å². The fourth-order valence-corrected chi connectivity index (χ4v) is 2.64. The van der Waals surface area contributed by atoms with Crippen molar-refractivity contribution in [3.63, 3.8) is 0 Å². The van der Waals surface area contributed by atoms with Gasteiger partial charge in [-0.25, -0.2) is 9.78 Å². The highest BCUT2D eigenvalue weighted by Gasteiger charge is 2.16. The summed E-state index contributed by atoms with van der Waals surface area (Å²) in [5, 5.41) is 0.354. The molecule has 5 nitrogen and oxygen atoms in total. The predicted octanol–water partition coefficient (Wildman–Crippen LogP) is 4.17. The molecule has 1 aromatic heterocycles. The second-order valence-corrected chi connectivity index (χ2v) is 6.86. The summed E-state index contributed by atoms with van der Waals surface area (Å²) >= 11 is 0. The lowest BCUT2D eigenvalue weighted by Gasteiger charge is -2.18. The van der Waals surface area contributed by atoms with Crippen LogP contribution in [0.15, 0.2) is 45.6 Å². The largest absolute Gasteiger partial charge is 0.493 e. The normalized spacial score (nSPS) is 11.6. The molecule has 0 saturated carbocycles. The van der Waals surface area contributed by atoms with Gasteiger partial charge in [-0.1, -0.05) is 32.9 Å². The van der Waals surface area contributed by atoms with E-state index in [1.807, 2.05) is 24.3 Å². The molecule has 0 bridgehead atoms. The van der Waals surface area contributed by atoms with Gasteiger partial charge in [-0.15, -0.1) is 0 Å². The van der Waals surface area contributed by atoms with Gasteiger partial charge in [0.1, 0.15) is 0 Å². The van der Waals surface area contributed by atoms with E-state index in [0.29, 0.717) is 22.4 Å². The predicted molar refractivity (Wildman–Crippen MR) is 97.5 cm³/mol. The van der Waals surface area contributed by atoms with Crippen LogP contribution in [-0.2, 0) is 5.41 Å². The van der Waals surface area contributed by atoms with E-state index in [0.717, 1.165) is 5.56 Å². The first-order valence-corrected chi connectivity index (χ1v) is 8.01. The number of hydrogen-bond acceptors (Lipinski definition) is 5. The molecule has 25 heavy (non-hydrogen) atoms. The van der Waals surface area contributed by atoms with Crippen LogP contribution in [0.5, 0.6) is 11.5 Å². The minimum Gasteiger partial charge on any atom is -0.493 e. The summed E-state index contributed by atoms with van der Waals surface area (Å²) in [6.45, 7) is 6.45. The van der Waals surface area contributed by atoms with Gasteiger partial charge in [0.05, 0.1) is 25.1 Å². The van der Waals surface area contributed by atoms with Crippen LogP contribution in [0.25, 0.3) is 22.4 Å². The van der Waals surface area contributed by atoms with E-state index < -0.39 is 5.63 Å². The molecular weight excluding hydrogens is 318 g/mol. The highest BCUT2D eigenvalue weighted by molar-refractivity contribution is 5.82. The Balaban J connectivity index is 2.13. The molecule has 0 unspecified atom stereocenters. The van der Waals surface area contributed by atoms with Crippen molar-refractivity contribution < 1.29 is 13.9 Å². The Labute approximate surface area is 146 Å². The minimum atomic E-state index is -0.458. The topological polar surface area (TPSA) is 61.6 Å². The average molecular weight is 339 g/mol. The lowest BCUT2D eigenvalue weighted by atomic mass is 9.87. The Bertz CT molecular complexity index is 966. The van der Waals surface area contributed by atoms with Gasteiger partial charge < -0.3 is 13.9 Å². The molecule has 2 aromatic carbocycles. The van der Waals surface area contributed by atoms with E-state index in [1.165, 1.54) is 12.7 Å². The number of methoxy groups -OCH3 is 2. The van der Waals surface area contributed by atoms with Crippen LogP contribution >= 0.6 is 0 Å². The Morgan fingerprint density at radius 2 is 1.56 bits per heavy atom. The molecule has 0 radical (unpaired) electrons. The van der Waals surface area contributed by atoms with Gasteiger partial charge in [0.25, 0.3) is 0 Å². The van der Waals surface area contributed by atoms with E-state index in [2.05, 4.69) is 25.8 Å². The van der Waals surface area contributed by atoms with Crippen LogP contribution in [0.1, 0.15) is 26.3 Å². The van der Waals surface area contributed by atoms with Gasteiger partial charge in [-0.2, -0.15) is 0 Å². The van der Waals surface area contributed by atoms with Crippen LogP contribution in [0.4, 0.5) is 0 Å². The SMILES string of the molecule is COc1cc2nc(-c3ccc(C(C)(C)C)cc3)oc(=O)c2cc1OC. The summed E-state index contributed by atoms with van der Waals surface area (Å²) in [4.78, 5) is 16.8. The molecule has 0 fully saturated rings. The highest BCUT2D eigenvalue weighted by atomic mass is 16.5. The molecule has 0 amide bonds. The van der Waals surface area contributed by atoms with Crippen LogP contribution < -0.4 is 15.1 Å². The molecule has 0 N–H and O–H groups in total. The van der Waals surface area contributed by atoms with Crippen molar-refractivity contribution in [2.24, 2.45) is 0 Å². The number of rotatable bonds is 3. The third-order valence-electron chi connectivity index (χ3n) is 4.13. The molecule has 1 heterocycles. The van der Waals surface area contributed by atoms with Crippen molar-refractivity contribution in [1.82, 2.24) is 4.98 Å². The van der Waals surface area contributed by atoms with Gasteiger partial charge in [0.2, 0.25) is 5.89 Å². The third-order valence-corrected chi connectivity index (χ3v) is 4.13. The van der Waals surface area contributed by atoms with Crippen LogP contribution in [0.2, 0.25) is 0 Å². The fraction of sp³-hybridized carbons (Fsp3) is 0.300. The quantitative estimate of drug-likeness (QED) is 0.717. The van der Waals surface area contributed by atoms with Gasteiger partial charge in [-0.3, -0.25) is 0 Å². The second kappa shape index (κ2) is 6.24. The lowest BCUT2D eigenvalue weighted by Crippen LogP contribution is -2.10. The summed E-state index contributed by atoms with van der Waals surface area (Å²) in [6, 6.07) is 11.1.